The summed E-state index contributed by atoms with van der Waals surface area (Å²) in [7, 11) is -3.81. The average molecular weight is 491 g/mol. The number of aromatic nitrogens is 2. The lowest BCUT2D eigenvalue weighted by molar-refractivity contribution is 0.0950. The standard InChI is InChI=1S/C26H23FN4O3S/c1-18-28-12-14-30(18)25-10-9-19(15-23(25)27)17-29-26(32)21-6-4-7-22(16-21)35(33,34)31-13-11-20-5-2-3-8-24(20)31/h2-10,12,14-16H,11,13,17H2,1H3,(H,29,32). The summed E-state index contributed by atoms with van der Waals surface area (Å²) in [4.78, 5) is 16.9. The summed E-state index contributed by atoms with van der Waals surface area (Å²) in [5, 5.41) is 2.74. The van der Waals surface area contributed by atoms with Gasteiger partial charge in [-0.05, 0) is 60.9 Å². The van der Waals surface area contributed by atoms with E-state index in [-0.39, 0.29) is 17.0 Å². The molecule has 1 aliphatic heterocycles. The Bertz CT molecular complexity index is 1530. The number of rotatable bonds is 6. The number of aryl methyl sites for hydroxylation is 1. The Morgan fingerprint density at radius 3 is 2.66 bits per heavy atom. The van der Waals surface area contributed by atoms with Crippen molar-refractivity contribution < 1.29 is 17.6 Å². The third kappa shape index (κ3) is 4.30. The monoisotopic (exact) mass is 490 g/mol. The van der Waals surface area contributed by atoms with Crippen LogP contribution in [0.3, 0.4) is 0 Å². The van der Waals surface area contributed by atoms with Crippen LogP contribution in [-0.4, -0.2) is 30.4 Å². The van der Waals surface area contributed by atoms with Crippen LogP contribution in [0, 0.1) is 12.7 Å². The highest BCUT2D eigenvalue weighted by Gasteiger charge is 2.30. The number of fused-ring (bicyclic) bond motifs is 1. The second kappa shape index (κ2) is 8.99. The van der Waals surface area contributed by atoms with Crippen LogP contribution in [0.15, 0.2) is 84.0 Å². The predicted octanol–water partition coefficient (Wildman–Crippen LogP) is 4.00. The third-order valence-electron chi connectivity index (χ3n) is 6.08. The quantitative estimate of drug-likeness (QED) is 0.443. The first-order valence-electron chi connectivity index (χ1n) is 11.1. The summed E-state index contributed by atoms with van der Waals surface area (Å²) in [6.07, 6.45) is 3.92. The number of hydrogen-bond acceptors (Lipinski definition) is 4. The molecule has 3 aromatic carbocycles. The molecule has 0 saturated carbocycles. The maximum atomic E-state index is 14.6. The van der Waals surface area contributed by atoms with Gasteiger partial charge < -0.3 is 9.88 Å². The SMILES string of the molecule is Cc1nccn1-c1ccc(CNC(=O)c2cccc(S(=O)(=O)N3CCc4ccccc43)c2)cc1F. The van der Waals surface area contributed by atoms with Gasteiger partial charge in [0.15, 0.2) is 0 Å². The molecule has 0 fully saturated rings. The number of sulfonamides is 1. The molecule has 178 valence electrons. The van der Waals surface area contributed by atoms with Gasteiger partial charge in [0.1, 0.15) is 11.6 Å². The Labute approximate surface area is 202 Å². The molecule has 0 spiro atoms. The van der Waals surface area contributed by atoms with Crippen molar-refractivity contribution >= 4 is 21.6 Å². The molecule has 0 radical (unpaired) electrons. The van der Waals surface area contributed by atoms with E-state index in [4.69, 9.17) is 0 Å². The van der Waals surface area contributed by atoms with Crippen LogP contribution in [-0.2, 0) is 23.0 Å². The predicted molar refractivity (Wildman–Crippen MR) is 131 cm³/mol. The smallest absolute Gasteiger partial charge is 0.264 e. The minimum absolute atomic E-state index is 0.0490. The fraction of sp³-hybridized carbons (Fsp3) is 0.154. The summed E-state index contributed by atoms with van der Waals surface area (Å²) in [6.45, 7) is 2.23. The Morgan fingerprint density at radius 1 is 1.06 bits per heavy atom. The minimum Gasteiger partial charge on any atom is -0.348 e. The number of carbonyl (C=O) groups is 1. The number of carbonyl (C=O) groups excluding carboxylic acids is 1. The lowest BCUT2D eigenvalue weighted by Gasteiger charge is -2.20. The van der Waals surface area contributed by atoms with Gasteiger partial charge in [0.2, 0.25) is 0 Å². The van der Waals surface area contributed by atoms with Gasteiger partial charge in [0.05, 0.1) is 16.3 Å². The van der Waals surface area contributed by atoms with Crippen molar-refractivity contribution in [2.75, 3.05) is 10.8 Å². The van der Waals surface area contributed by atoms with Crippen molar-refractivity contribution in [1.82, 2.24) is 14.9 Å². The molecular formula is C26H23FN4O3S. The summed E-state index contributed by atoms with van der Waals surface area (Å²) in [5.41, 5.74) is 2.81. The number of nitrogens with zero attached hydrogens (tertiary/aromatic N) is 3. The highest BCUT2D eigenvalue weighted by molar-refractivity contribution is 7.92. The van der Waals surface area contributed by atoms with Crippen molar-refractivity contribution in [3.8, 4) is 5.69 Å². The Hall–Kier alpha value is -3.98. The van der Waals surface area contributed by atoms with E-state index in [0.29, 0.717) is 35.7 Å². The van der Waals surface area contributed by atoms with E-state index in [1.165, 1.54) is 22.5 Å². The highest BCUT2D eigenvalue weighted by Crippen LogP contribution is 2.32. The molecular weight excluding hydrogens is 467 g/mol. The van der Waals surface area contributed by atoms with Gasteiger partial charge in [-0.25, -0.2) is 17.8 Å². The van der Waals surface area contributed by atoms with E-state index in [1.54, 1.807) is 54.2 Å². The first-order chi connectivity index (χ1) is 16.8. The van der Waals surface area contributed by atoms with E-state index in [1.807, 2.05) is 18.2 Å². The topological polar surface area (TPSA) is 84.3 Å². The minimum atomic E-state index is -3.81. The van der Waals surface area contributed by atoms with Gasteiger partial charge in [-0.1, -0.05) is 30.3 Å². The Kier molecular flexibility index (Phi) is 5.86. The van der Waals surface area contributed by atoms with Gasteiger partial charge in [0, 0.05) is 31.0 Å². The number of nitrogens with one attached hydrogen (secondary N) is 1. The molecule has 0 atom stereocenters. The van der Waals surface area contributed by atoms with Gasteiger partial charge in [-0.2, -0.15) is 0 Å². The summed E-state index contributed by atoms with van der Waals surface area (Å²) < 4.78 is 44.2. The maximum Gasteiger partial charge on any atom is 0.264 e. The highest BCUT2D eigenvalue weighted by atomic mass is 32.2. The molecule has 1 aliphatic rings. The summed E-state index contributed by atoms with van der Waals surface area (Å²) in [5.74, 6) is -0.215. The Balaban J connectivity index is 1.31. The summed E-state index contributed by atoms with van der Waals surface area (Å²) >= 11 is 0. The fourth-order valence-electron chi connectivity index (χ4n) is 4.26. The second-order valence-corrected chi connectivity index (χ2v) is 10.2. The Morgan fingerprint density at radius 2 is 1.89 bits per heavy atom. The zero-order valence-corrected chi connectivity index (χ0v) is 19.8. The van der Waals surface area contributed by atoms with E-state index >= 15 is 0 Å². The largest absolute Gasteiger partial charge is 0.348 e. The molecule has 0 aliphatic carbocycles. The van der Waals surface area contributed by atoms with Gasteiger partial charge >= 0.3 is 0 Å². The third-order valence-corrected chi connectivity index (χ3v) is 7.89. The van der Waals surface area contributed by atoms with Gasteiger partial charge in [-0.15, -0.1) is 0 Å². The number of hydrogen-bond donors (Lipinski definition) is 1. The molecule has 9 heteroatoms. The molecule has 4 aromatic rings. The molecule has 0 unspecified atom stereocenters. The van der Waals surface area contributed by atoms with Crippen LogP contribution >= 0.6 is 0 Å². The van der Waals surface area contributed by atoms with E-state index in [0.717, 1.165) is 5.56 Å². The van der Waals surface area contributed by atoms with Crippen molar-refractivity contribution in [3.05, 3.63) is 107 Å². The zero-order valence-electron chi connectivity index (χ0n) is 19.0. The van der Waals surface area contributed by atoms with Gasteiger partial charge in [0.25, 0.3) is 15.9 Å². The molecule has 1 N–H and O–H groups in total. The van der Waals surface area contributed by atoms with E-state index in [2.05, 4.69) is 10.3 Å². The lowest BCUT2D eigenvalue weighted by Crippen LogP contribution is -2.29. The molecule has 0 saturated heterocycles. The number of halogens is 1. The molecule has 2 heterocycles. The number of anilines is 1. The number of benzene rings is 3. The lowest BCUT2D eigenvalue weighted by atomic mass is 10.1. The molecule has 35 heavy (non-hydrogen) atoms. The van der Waals surface area contributed by atoms with Crippen LogP contribution in [0.2, 0.25) is 0 Å². The van der Waals surface area contributed by atoms with E-state index < -0.39 is 21.7 Å². The summed E-state index contributed by atoms with van der Waals surface area (Å²) in [6, 6.07) is 18.1. The molecule has 1 amide bonds. The van der Waals surface area contributed by atoms with Crippen LogP contribution in [0.5, 0.6) is 0 Å². The van der Waals surface area contributed by atoms with Gasteiger partial charge in [-0.3, -0.25) is 9.10 Å². The van der Waals surface area contributed by atoms with Crippen molar-refractivity contribution in [2.45, 2.75) is 24.8 Å². The van der Waals surface area contributed by atoms with Crippen molar-refractivity contribution in [3.63, 3.8) is 0 Å². The molecule has 1 aromatic heterocycles. The van der Waals surface area contributed by atoms with Crippen molar-refractivity contribution in [2.24, 2.45) is 0 Å². The number of para-hydroxylation sites is 1. The fourth-order valence-corrected chi connectivity index (χ4v) is 5.80. The number of amides is 1. The van der Waals surface area contributed by atoms with Crippen LogP contribution in [0.4, 0.5) is 10.1 Å². The maximum absolute atomic E-state index is 14.6. The molecule has 5 rings (SSSR count). The van der Waals surface area contributed by atoms with Crippen LogP contribution in [0.25, 0.3) is 5.69 Å². The van der Waals surface area contributed by atoms with Crippen molar-refractivity contribution in [1.29, 1.82) is 0 Å². The van der Waals surface area contributed by atoms with Crippen LogP contribution in [0.1, 0.15) is 27.3 Å². The first-order valence-corrected chi connectivity index (χ1v) is 12.6. The number of imidazole rings is 1. The molecule has 7 nitrogen and oxygen atoms in total. The average Bonchev–Trinajstić information content (AvgIpc) is 3.49. The van der Waals surface area contributed by atoms with E-state index in [9.17, 15) is 17.6 Å². The first kappa shape index (κ1) is 22.8. The van der Waals surface area contributed by atoms with Crippen LogP contribution < -0.4 is 9.62 Å². The zero-order chi connectivity index (χ0) is 24.6. The molecule has 0 bridgehead atoms. The second-order valence-electron chi connectivity index (χ2n) is 8.30. The normalized spacial score (nSPS) is 13.0.